The fraction of sp³-hybridized carbons (Fsp3) is 0.125. The first-order chi connectivity index (χ1) is 11.9. The molecule has 0 aliphatic heterocycles. The molecule has 3 rings (SSSR count). The van der Waals surface area contributed by atoms with E-state index >= 15 is 0 Å². The van der Waals surface area contributed by atoms with Gasteiger partial charge in [0.1, 0.15) is 11.6 Å². The van der Waals surface area contributed by atoms with Gasteiger partial charge in [-0.2, -0.15) is 0 Å². The molecule has 1 N–H and O–H groups in total. The van der Waals surface area contributed by atoms with Gasteiger partial charge in [-0.15, -0.1) is 11.3 Å². The van der Waals surface area contributed by atoms with E-state index in [9.17, 15) is 12.8 Å². The Hall–Kier alpha value is -2.03. The third-order valence-electron chi connectivity index (χ3n) is 3.49. The molecular formula is C16H13ClFN3O2S2. The van der Waals surface area contributed by atoms with Gasteiger partial charge in [0.05, 0.1) is 16.0 Å². The summed E-state index contributed by atoms with van der Waals surface area (Å²) in [7, 11) is -3.75. The normalized spacial score (nSPS) is 12.8. The first-order valence-corrected chi connectivity index (χ1v) is 9.95. The quantitative estimate of drug-likeness (QED) is 0.693. The monoisotopic (exact) mass is 397 g/mol. The van der Waals surface area contributed by atoms with Crippen LogP contribution in [0.5, 0.6) is 0 Å². The summed E-state index contributed by atoms with van der Waals surface area (Å²) in [5.74, 6) is -0.0721. The van der Waals surface area contributed by atoms with E-state index in [1.807, 2.05) is 0 Å². The fourth-order valence-corrected chi connectivity index (χ4v) is 4.70. The van der Waals surface area contributed by atoms with E-state index in [0.29, 0.717) is 5.56 Å². The van der Waals surface area contributed by atoms with Crippen molar-refractivity contribution >= 4 is 38.6 Å². The van der Waals surface area contributed by atoms with E-state index in [1.165, 1.54) is 24.5 Å². The molecule has 0 spiro atoms. The Morgan fingerprint density at radius 2 is 2.04 bits per heavy atom. The molecule has 0 saturated carbocycles. The van der Waals surface area contributed by atoms with Crippen molar-refractivity contribution in [3.8, 4) is 0 Å². The predicted octanol–water partition coefficient (Wildman–Crippen LogP) is 4.34. The molecule has 130 valence electrons. The summed E-state index contributed by atoms with van der Waals surface area (Å²) in [5.41, 5.74) is 0.458. The third-order valence-corrected chi connectivity index (χ3v) is 6.70. The van der Waals surface area contributed by atoms with Crippen LogP contribution in [-0.4, -0.2) is 18.4 Å². The van der Waals surface area contributed by atoms with Crippen LogP contribution in [0, 0.1) is 5.82 Å². The van der Waals surface area contributed by atoms with Crippen LogP contribution >= 0.6 is 22.9 Å². The first-order valence-electron chi connectivity index (χ1n) is 7.20. The Bertz CT molecular complexity index is 994. The molecule has 0 aliphatic carbocycles. The van der Waals surface area contributed by atoms with Crippen molar-refractivity contribution < 1.29 is 12.8 Å². The number of hydrogen-bond donors (Lipinski definition) is 1. The summed E-state index contributed by atoms with van der Waals surface area (Å²) in [6.07, 6.45) is 2.62. The lowest BCUT2D eigenvalue weighted by molar-refractivity contribution is 0.595. The summed E-state index contributed by atoms with van der Waals surface area (Å²) in [4.78, 5) is 7.85. The van der Waals surface area contributed by atoms with Crippen LogP contribution in [0.25, 0.3) is 0 Å². The Balaban J connectivity index is 1.87. The van der Waals surface area contributed by atoms with E-state index in [-0.39, 0.29) is 25.9 Å². The van der Waals surface area contributed by atoms with Crippen molar-refractivity contribution in [2.75, 3.05) is 5.32 Å². The molecule has 25 heavy (non-hydrogen) atoms. The Kier molecular flexibility index (Phi) is 5.03. The number of rotatable bonds is 5. The minimum atomic E-state index is -3.75. The lowest BCUT2D eigenvalue weighted by Gasteiger charge is -2.16. The molecule has 1 aromatic carbocycles. The van der Waals surface area contributed by atoms with Crippen molar-refractivity contribution in [2.24, 2.45) is 0 Å². The van der Waals surface area contributed by atoms with Gasteiger partial charge in [-0.1, -0.05) is 29.8 Å². The zero-order valence-corrected chi connectivity index (χ0v) is 15.4. The zero-order valence-electron chi connectivity index (χ0n) is 13.0. The van der Waals surface area contributed by atoms with Crippen LogP contribution in [0.2, 0.25) is 5.02 Å². The SMILES string of the molecule is C[C@H](Nc1ncc(S(=O)(=O)c2nccs2)cc1Cl)c1ccccc1F. The van der Waals surface area contributed by atoms with Crippen LogP contribution in [0.3, 0.4) is 0 Å². The average molecular weight is 398 g/mol. The first kappa shape index (κ1) is 17.8. The highest BCUT2D eigenvalue weighted by Gasteiger charge is 2.22. The lowest BCUT2D eigenvalue weighted by atomic mass is 10.1. The maximum Gasteiger partial charge on any atom is 0.235 e. The summed E-state index contributed by atoms with van der Waals surface area (Å²) in [5, 5.41) is 4.69. The van der Waals surface area contributed by atoms with E-state index < -0.39 is 15.9 Å². The Morgan fingerprint density at radius 3 is 2.68 bits per heavy atom. The molecule has 0 radical (unpaired) electrons. The molecule has 2 heterocycles. The minimum Gasteiger partial charge on any atom is -0.362 e. The van der Waals surface area contributed by atoms with Crippen molar-refractivity contribution in [3.63, 3.8) is 0 Å². The number of aromatic nitrogens is 2. The summed E-state index contributed by atoms with van der Waals surface area (Å²) < 4.78 is 38.7. The highest BCUT2D eigenvalue weighted by molar-refractivity contribution is 7.93. The molecule has 2 aromatic heterocycles. The van der Waals surface area contributed by atoms with Crippen molar-refractivity contribution in [1.82, 2.24) is 9.97 Å². The molecule has 3 aromatic rings. The molecule has 0 bridgehead atoms. The number of anilines is 1. The topological polar surface area (TPSA) is 72.0 Å². The minimum absolute atomic E-state index is 0.0224. The largest absolute Gasteiger partial charge is 0.362 e. The number of nitrogens with zero attached hydrogens (tertiary/aromatic N) is 2. The Labute approximate surface area is 153 Å². The lowest BCUT2D eigenvalue weighted by Crippen LogP contribution is -2.11. The number of benzene rings is 1. The number of hydrogen-bond acceptors (Lipinski definition) is 6. The molecule has 9 heteroatoms. The van der Waals surface area contributed by atoms with Gasteiger partial charge in [0.25, 0.3) is 0 Å². The van der Waals surface area contributed by atoms with Crippen LogP contribution in [0.1, 0.15) is 18.5 Å². The second kappa shape index (κ2) is 7.07. The van der Waals surface area contributed by atoms with E-state index in [0.717, 1.165) is 11.3 Å². The van der Waals surface area contributed by atoms with Crippen LogP contribution in [0.15, 0.2) is 57.3 Å². The van der Waals surface area contributed by atoms with Gasteiger partial charge in [-0.25, -0.2) is 22.8 Å². The summed E-state index contributed by atoms with van der Waals surface area (Å²) in [6.45, 7) is 1.76. The number of halogens is 2. The van der Waals surface area contributed by atoms with Crippen molar-refractivity contribution in [3.05, 3.63) is 64.5 Å². The Morgan fingerprint density at radius 1 is 1.28 bits per heavy atom. The summed E-state index contributed by atoms with van der Waals surface area (Å²) in [6, 6.07) is 7.27. The molecule has 0 fully saturated rings. The smallest absolute Gasteiger partial charge is 0.235 e. The average Bonchev–Trinajstić information content (AvgIpc) is 3.12. The second-order valence-electron chi connectivity index (χ2n) is 5.19. The number of nitrogens with one attached hydrogen (secondary N) is 1. The molecule has 1 atom stereocenters. The van der Waals surface area contributed by atoms with Gasteiger partial charge < -0.3 is 5.32 Å². The van der Waals surface area contributed by atoms with Gasteiger partial charge in [0.2, 0.25) is 14.2 Å². The standard InChI is InChI=1S/C16H13ClFN3O2S2/c1-10(12-4-2-3-5-14(12)18)21-15-13(17)8-11(9-20-15)25(22,23)16-19-6-7-24-16/h2-10H,1H3,(H,20,21)/t10-/m0/s1. The van der Waals surface area contributed by atoms with E-state index in [1.54, 1.807) is 30.5 Å². The molecule has 0 amide bonds. The van der Waals surface area contributed by atoms with Gasteiger partial charge >= 0.3 is 0 Å². The van der Waals surface area contributed by atoms with E-state index in [2.05, 4.69) is 15.3 Å². The second-order valence-corrected chi connectivity index (χ2v) is 8.62. The molecule has 5 nitrogen and oxygen atoms in total. The van der Waals surface area contributed by atoms with Crippen LogP contribution in [-0.2, 0) is 9.84 Å². The van der Waals surface area contributed by atoms with Gasteiger partial charge in [-0.05, 0) is 19.1 Å². The number of pyridine rings is 1. The molecular weight excluding hydrogens is 385 g/mol. The molecule has 0 saturated heterocycles. The van der Waals surface area contributed by atoms with Crippen LogP contribution in [0.4, 0.5) is 10.2 Å². The van der Waals surface area contributed by atoms with Gasteiger partial charge in [0, 0.05) is 23.3 Å². The third kappa shape index (κ3) is 3.65. The van der Waals surface area contributed by atoms with Gasteiger partial charge in [-0.3, -0.25) is 0 Å². The maximum absolute atomic E-state index is 13.8. The van der Waals surface area contributed by atoms with E-state index in [4.69, 9.17) is 11.6 Å². The summed E-state index contributed by atoms with van der Waals surface area (Å²) >= 11 is 7.19. The highest BCUT2D eigenvalue weighted by Crippen LogP contribution is 2.29. The van der Waals surface area contributed by atoms with Gasteiger partial charge in [0.15, 0.2) is 0 Å². The van der Waals surface area contributed by atoms with Crippen LogP contribution < -0.4 is 5.32 Å². The van der Waals surface area contributed by atoms with Crippen molar-refractivity contribution in [1.29, 1.82) is 0 Å². The maximum atomic E-state index is 13.8. The van der Waals surface area contributed by atoms with Crippen molar-refractivity contribution in [2.45, 2.75) is 22.2 Å². The zero-order chi connectivity index (χ0) is 18.0. The molecule has 0 aliphatic rings. The number of sulfone groups is 1. The fourth-order valence-electron chi connectivity index (χ4n) is 2.23. The highest BCUT2D eigenvalue weighted by atomic mass is 35.5. The molecule has 0 unspecified atom stereocenters. The predicted molar refractivity (Wildman–Crippen MR) is 95.3 cm³/mol. The number of thiazole rings is 1.